The van der Waals surface area contributed by atoms with E-state index in [9.17, 15) is 14.9 Å². The SMILES string of the molecule is O=C(CNC1CCCC1)Nc1ccc(Cl)cc1[N+](=O)[O-]. The van der Waals surface area contributed by atoms with E-state index in [-0.39, 0.29) is 28.8 Å². The molecule has 0 atom stereocenters. The first-order valence-electron chi connectivity index (χ1n) is 6.53. The standard InChI is InChI=1S/C13H16ClN3O3/c14-9-5-6-11(12(7-9)17(19)20)16-13(18)8-15-10-3-1-2-4-10/h5-7,10,15H,1-4,8H2,(H,16,18). The molecular weight excluding hydrogens is 282 g/mol. The maximum atomic E-state index is 11.8. The first kappa shape index (κ1) is 14.7. The van der Waals surface area contributed by atoms with E-state index in [1.165, 1.54) is 31.0 Å². The number of anilines is 1. The number of nitrogens with one attached hydrogen (secondary N) is 2. The van der Waals surface area contributed by atoms with Gasteiger partial charge < -0.3 is 10.6 Å². The van der Waals surface area contributed by atoms with Crippen LogP contribution in [0, 0.1) is 10.1 Å². The molecule has 0 saturated heterocycles. The van der Waals surface area contributed by atoms with E-state index in [2.05, 4.69) is 10.6 Å². The van der Waals surface area contributed by atoms with Crippen LogP contribution >= 0.6 is 11.6 Å². The summed E-state index contributed by atoms with van der Waals surface area (Å²) in [5.41, 5.74) is -0.0376. The Balaban J connectivity index is 1.94. The van der Waals surface area contributed by atoms with Gasteiger partial charge >= 0.3 is 0 Å². The summed E-state index contributed by atoms with van der Waals surface area (Å²) in [6, 6.07) is 4.55. The summed E-state index contributed by atoms with van der Waals surface area (Å²) in [5.74, 6) is -0.290. The molecule has 0 aromatic heterocycles. The highest BCUT2D eigenvalue weighted by molar-refractivity contribution is 6.31. The predicted octanol–water partition coefficient (Wildman–Crippen LogP) is 2.72. The molecule has 108 valence electrons. The van der Waals surface area contributed by atoms with E-state index >= 15 is 0 Å². The van der Waals surface area contributed by atoms with Crippen LogP contribution in [0.2, 0.25) is 5.02 Å². The monoisotopic (exact) mass is 297 g/mol. The Kier molecular flexibility index (Phi) is 4.92. The summed E-state index contributed by atoms with van der Waals surface area (Å²) in [6.07, 6.45) is 4.52. The highest BCUT2D eigenvalue weighted by atomic mass is 35.5. The lowest BCUT2D eigenvalue weighted by atomic mass is 10.2. The fraction of sp³-hybridized carbons (Fsp3) is 0.462. The van der Waals surface area contributed by atoms with Crippen molar-refractivity contribution in [2.45, 2.75) is 31.7 Å². The van der Waals surface area contributed by atoms with Gasteiger partial charge in [0, 0.05) is 17.1 Å². The molecule has 1 aliphatic rings. The molecule has 0 unspecified atom stereocenters. The van der Waals surface area contributed by atoms with Crippen molar-refractivity contribution in [2.24, 2.45) is 0 Å². The Morgan fingerprint density at radius 1 is 1.40 bits per heavy atom. The van der Waals surface area contributed by atoms with Gasteiger partial charge in [0.25, 0.3) is 5.69 Å². The molecule has 1 aromatic rings. The number of nitro groups is 1. The number of carbonyl (C=O) groups is 1. The normalized spacial score (nSPS) is 15.2. The third-order valence-electron chi connectivity index (χ3n) is 3.34. The second-order valence-corrected chi connectivity index (χ2v) is 5.27. The zero-order valence-corrected chi connectivity index (χ0v) is 11.7. The van der Waals surface area contributed by atoms with Crippen molar-refractivity contribution < 1.29 is 9.72 Å². The highest BCUT2D eigenvalue weighted by Crippen LogP contribution is 2.27. The lowest BCUT2D eigenvalue weighted by Crippen LogP contribution is -2.34. The third kappa shape index (κ3) is 3.91. The van der Waals surface area contributed by atoms with E-state index in [1.807, 2.05) is 0 Å². The fourth-order valence-corrected chi connectivity index (χ4v) is 2.49. The van der Waals surface area contributed by atoms with Crippen molar-refractivity contribution in [2.75, 3.05) is 11.9 Å². The molecule has 1 amide bonds. The number of rotatable bonds is 5. The summed E-state index contributed by atoms with van der Waals surface area (Å²) in [4.78, 5) is 22.1. The lowest BCUT2D eigenvalue weighted by Gasteiger charge is -2.11. The van der Waals surface area contributed by atoms with Gasteiger partial charge in [-0.3, -0.25) is 14.9 Å². The molecule has 20 heavy (non-hydrogen) atoms. The Labute approximate surface area is 121 Å². The van der Waals surface area contributed by atoms with Crippen molar-refractivity contribution in [1.29, 1.82) is 0 Å². The van der Waals surface area contributed by atoms with Gasteiger partial charge in [-0.15, -0.1) is 0 Å². The smallest absolute Gasteiger partial charge is 0.294 e. The average molecular weight is 298 g/mol. The van der Waals surface area contributed by atoms with Crippen LogP contribution in [0.1, 0.15) is 25.7 Å². The molecule has 1 fully saturated rings. The number of nitrogens with zero attached hydrogens (tertiary/aromatic N) is 1. The molecule has 0 bridgehead atoms. The van der Waals surface area contributed by atoms with E-state index < -0.39 is 4.92 Å². The number of benzene rings is 1. The Morgan fingerprint density at radius 2 is 2.10 bits per heavy atom. The number of carbonyl (C=O) groups excluding carboxylic acids is 1. The molecule has 1 aliphatic carbocycles. The number of hydrogen-bond donors (Lipinski definition) is 2. The van der Waals surface area contributed by atoms with E-state index in [1.54, 1.807) is 0 Å². The minimum Gasteiger partial charge on any atom is -0.319 e. The molecular formula is C13H16ClN3O3. The van der Waals surface area contributed by atoms with Gasteiger partial charge in [0.15, 0.2) is 0 Å². The van der Waals surface area contributed by atoms with Crippen LogP contribution in [0.25, 0.3) is 0 Å². The van der Waals surface area contributed by atoms with Crippen molar-refractivity contribution in [3.63, 3.8) is 0 Å². The first-order chi connectivity index (χ1) is 9.56. The molecule has 2 N–H and O–H groups in total. The summed E-state index contributed by atoms with van der Waals surface area (Å²) in [5, 5.41) is 16.9. The minimum absolute atomic E-state index is 0.157. The summed E-state index contributed by atoms with van der Waals surface area (Å²) in [7, 11) is 0. The Bertz CT molecular complexity index is 516. The Hall–Kier alpha value is -1.66. The number of nitro benzene ring substituents is 1. The number of amides is 1. The van der Waals surface area contributed by atoms with Crippen molar-refractivity contribution in [3.05, 3.63) is 33.3 Å². The molecule has 0 spiro atoms. The molecule has 0 heterocycles. The van der Waals surface area contributed by atoms with Crippen molar-refractivity contribution in [1.82, 2.24) is 5.32 Å². The first-order valence-corrected chi connectivity index (χ1v) is 6.91. The molecule has 1 aromatic carbocycles. The van der Waals surface area contributed by atoms with Gasteiger partial charge in [0.05, 0.1) is 11.5 Å². The Morgan fingerprint density at radius 3 is 2.75 bits per heavy atom. The summed E-state index contributed by atoms with van der Waals surface area (Å²) < 4.78 is 0. The third-order valence-corrected chi connectivity index (χ3v) is 3.57. The van der Waals surface area contributed by atoms with Gasteiger partial charge in [-0.05, 0) is 25.0 Å². The molecule has 1 saturated carbocycles. The molecule has 0 radical (unpaired) electrons. The van der Waals surface area contributed by atoms with Crippen molar-refractivity contribution >= 4 is 28.9 Å². The van der Waals surface area contributed by atoms with Crippen LogP contribution in [0.4, 0.5) is 11.4 Å². The van der Waals surface area contributed by atoms with Crippen molar-refractivity contribution in [3.8, 4) is 0 Å². The van der Waals surface area contributed by atoms with Gasteiger partial charge in [0.2, 0.25) is 5.91 Å². The topological polar surface area (TPSA) is 84.3 Å². The fourth-order valence-electron chi connectivity index (χ4n) is 2.32. The zero-order valence-electron chi connectivity index (χ0n) is 10.9. The summed E-state index contributed by atoms with van der Waals surface area (Å²) in [6.45, 7) is 0.157. The van der Waals surface area contributed by atoms with Gasteiger partial charge in [0.1, 0.15) is 5.69 Å². The van der Waals surface area contributed by atoms with E-state index in [0.717, 1.165) is 12.8 Å². The maximum absolute atomic E-state index is 11.8. The minimum atomic E-state index is -0.564. The molecule has 7 heteroatoms. The quantitative estimate of drug-likeness (QED) is 0.646. The van der Waals surface area contributed by atoms with Crippen LogP contribution < -0.4 is 10.6 Å². The predicted molar refractivity (Wildman–Crippen MR) is 77.0 cm³/mol. The molecule has 2 rings (SSSR count). The molecule has 0 aliphatic heterocycles. The van der Waals surface area contributed by atoms with Gasteiger partial charge in [-0.2, -0.15) is 0 Å². The number of halogens is 1. The largest absolute Gasteiger partial charge is 0.319 e. The second kappa shape index (κ2) is 6.67. The van der Waals surface area contributed by atoms with Gasteiger partial charge in [-0.1, -0.05) is 24.4 Å². The number of hydrogen-bond acceptors (Lipinski definition) is 4. The average Bonchev–Trinajstić information content (AvgIpc) is 2.91. The molecule has 6 nitrogen and oxygen atoms in total. The van der Waals surface area contributed by atoms with Crippen LogP contribution in [-0.4, -0.2) is 23.4 Å². The van der Waals surface area contributed by atoms with Gasteiger partial charge in [-0.25, -0.2) is 0 Å². The maximum Gasteiger partial charge on any atom is 0.294 e. The summed E-state index contributed by atoms with van der Waals surface area (Å²) >= 11 is 5.72. The van der Waals surface area contributed by atoms with E-state index in [0.29, 0.717) is 6.04 Å². The van der Waals surface area contributed by atoms with Crippen LogP contribution in [0.3, 0.4) is 0 Å². The lowest BCUT2D eigenvalue weighted by molar-refractivity contribution is -0.383. The van der Waals surface area contributed by atoms with Crippen LogP contribution in [0.5, 0.6) is 0 Å². The zero-order chi connectivity index (χ0) is 14.5. The van der Waals surface area contributed by atoms with Crippen LogP contribution in [0.15, 0.2) is 18.2 Å². The highest BCUT2D eigenvalue weighted by Gasteiger charge is 2.18. The van der Waals surface area contributed by atoms with E-state index in [4.69, 9.17) is 11.6 Å². The second-order valence-electron chi connectivity index (χ2n) is 4.83. The van der Waals surface area contributed by atoms with Crippen LogP contribution in [-0.2, 0) is 4.79 Å².